The van der Waals surface area contributed by atoms with Crippen LogP contribution >= 0.6 is 0 Å². The summed E-state index contributed by atoms with van der Waals surface area (Å²) in [5.74, 6) is 2.94. The average Bonchev–Trinajstić information content (AvgIpc) is 2.95. The lowest BCUT2D eigenvalue weighted by Gasteiger charge is -2.19. The molecule has 1 heterocycles. The van der Waals surface area contributed by atoms with Crippen LogP contribution in [0, 0.1) is 6.92 Å². The van der Waals surface area contributed by atoms with Crippen molar-refractivity contribution in [2.45, 2.75) is 6.92 Å². The topological polar surface area (TPSA) is 73.1 Å². The van der Waals surface area contributed by atoms with E-state index in [9.17, 15) is 0 Å². The number of aryl methyl sites for hydroxylation is 1. The highest BCUT2D eigenvalue weighted by atomic mass is 16.5. The van der Waals surface area contributed by atoms with Crippen LogP contribution in [0.1, 0.15) is 5.56 Å². The molecule has 0 saturated heterocycles. The fraction of sp³-hybridized carbons (Fsp3) is 0.242. The Balaban J connectivity index is 1.51. The highest BCUT2D eigenvalue weighted by Gasteiger charge is 2.19. The van der Waals surface area contributed by atoms with Crippen molar-refractivity contribution in [3.05, 3.63) is 83.7 Å². The zero-order chi connectivity index (χ0) is 28.4. The number of anilines is 2. The molecule has 0 fully saturated rings. The van der Waals surface area contributed by atoms with Gasteiger partial charge in [0.15, 0.2) is 0 Å². The Morgan fingerprint density at radius 2 is 1.62 bits per heavy atom. The molecule has 2 aliphatic rings. The maximum atomic E-state index is 6.46. The molecule has 1 aliphatic carbocycles. The van der Waals surface area contributed by atoms with Gasteiger partial charge in [0.1, 0.15) is 55.9 Å². The number of hydrogen-bond acceptors (Lipinski definition) is 6. The number of methoxy groups -OCH3 is 1. The van der Waals surface area contributed by atoms with Crippen LogP contribution in [0.2, 0.25) is 0 Å². The van der Waals surface area contributed by atoms with E-state index in [-0.39, 0.29) is 0 Å². The van der Waals surface area contributed by atoms with E-state index in [1.165, 1.54) is 0 Å². The summed E-state index contributed by atoms with van der Waals surface area (Å²) >= 11 is 0. The van der Waals surface area contributed by atoms with Gasteiger partial charge in [0.05, 0.1) is 18.9 Å². The molecule has 0 amide bonds. The minimum Gasteiger partial charge on any atom is -0.497 e. The Morgan fingerprint density at radius 3 is 2.35 bits per heavy atom. The minimum absolute atomic E-state index is 0.342. The maximum Gasteiger partial charge on any atom is 0.203 e. The lowest BCUT2D eigenvalue weighted by Crippen LogP contribution is -2.21. The van der Waals surface area contributed by atoms with Crippen LogP contribution in [0.5, 0.6) is 17.2 Å². The summed E-state index contributed by atoms with van der Waals surface area (Å²) in [6, 6.07) is 24.3. The summed E-state index contributed by atoms with van der Waals surface area (Å²) < 4.78 is 25.9. The molecule has 7 nitrogen and oxygen atoms in total. The summed E-state index contributed by atoms with van der Waals surface area (Å²) in [6.45, 7) is 2.71. The summed E-state index contributed by atoms with van der Waals surface area (Å²) in [7, 11) is 9.74. The molecular weight excluding hydrogens is 502 g/mol. The molecule has 7 heteroatoms. The van der Waals surface area contributed by atoms with E-state index in [1.54, 1.807) is 7.11 Å². The van der Waals surface area contributed by atoms with Crippen molar-refractivity contribution in [1.82, 2.24) is 4.58 Å². The van der Waals surface area contributed by atoms with Crippen molar-refractivity contribution in [2.24, 2.45) is 0 Å². The SMILES string of the molecule is COc1ccc(C)c(OCCOc2cc(-c3c4ccc(=[N+](C)C)cc-4oc4cc(N(C)C)ccc34)ccc2N)c1. The fourth-order valence-corrected chi connectivity index (χ4v) is 4.72. The van der Waals surface area contributed by atoms with E-state index < -0.39 is 0 Å². The summed E-state index contributed by atoms with van der Waals surface area (Å²) in [4.78, 5) is 2.07. The number of nitrogen functional groups attached to an aromatic ring is 1. The van der Waals surface area contributed by atoms with Gasteiger partial charge in [-0.05, 0) is 54.4 Å². The summed E-state index contributed by atoms with van der Waals surface area (Å²) in [5.41, 5.74) is 12.9. The predicted octanol–water partition coefficient (Wildman–Crippen LogP) is 5.66. The van der Waals surface area contributed by atoms with E-state index >= 15 is 0 Å². The number of rotatable bonds is 8. The second-order valence-corrected chi connectivity index (χ2v) is 10.2. The van der Waals surface area contributed by atoms with Crippen LogP contribution in [0.3, 0.4) is 0 Å². The van der Waals surface area contributed by atoms with Crippen LogP contribution in [-0.2, 0) is 0 Å². The van der Waals surface area contributed by atoms with Gasteiger partial charge in [0, 0.05) is 54.5 Å². The molecule has 5 rings (SSSR count). The van der Waals surface area contributed by atoms with E-state index in [4.69, 9.17) is 24.4 Å². The second-order valence-electron chi connectivity index (χ2n) is 10.2. The molecule has 1 aliphatic heterocycles. The third-order valence-electron chi connectivity index (χ3n) is 7.02. The molecule has 0 saturated carbocycles. The zero-order valence-electron chi connectivity index (χ0n) is 23.9. The van der Waals surface area contributed by atoms with Gasteiger partial charge in [0.25, 0.3) is 0 Å². The Bertz CT molecular complexity index is 1720. The first-order valence-electron chi connectivity index (χ1n) is 13.2. The van der Waals surface area contributed by atoms with Gasteiger partial charge in [-0.1, -0.05) is 12.1 Å². The van der Waals surface area contributed by atoms with Crippen LogP contribution in [0.25, 0.3) is 33.4 Å². The highest BCUT2D eigenvalue weighted by molar-refractivity contribution is 6.03. The smallest absolute Gasteiger partial charge is 0.203 e. The largest absolute Gasteiger partial charge is 0.497 e. The van der Waals surface area contributed by atoms with Crippen LogP contribution in [0.4, 0.5) is 11.4 Å². The van der Waals surface area contributed by atoms with Crippen LogP contribution in [-0.4, -0.2) is 48.5 Å². The third-order valence-corrected chi connectivity index (χ3v) is 7.02. The van der Waals surface area contributed by atoms with E-state index in [2.05, 4.69) is 45.9 Å². The van der Waals surface area contributed by atoms with Crippen molar-refractivity contribution < 1.29 is 18.6 Å². The first kappa shape index (κ1) is 26.9. The number of ether oxygens (including phenoxy) is 3. The number of hydrogen-bond donors (Lipinski definition) is 1. The Kier molecular flexibility index (Phi) is 7.56. The molecule has 3 aromatic carbocycles. The third kappa shape index (κ3) is 5.41. The first-order chi connectivity index (χ1) is 19.2. The average molecular weight is 539 g/mol. The van der Waals surface area contributed by atoms with Crippen LogP contribution < -0.4 is 34.8 Å². The van der Waals surface area contributed by atoms with Gasteiger partial charge in [-0.15, -0.1) is 0 Å². The molecule has 0 bridgehead atoms. The fourth-order valence-electron chi connectivity index (χ4n) is 4.72. The molecule has 2 N–H and O–H groups in total. The Labute approximate surface area is 235 Å². The molecule has 3 aromatic rings. The van der Waals surface area contributed by atoms with E-state index in [1.807, 2.05) is 71.5 Å². The van der Waals surface area contributed by atoms with Gasteiger partial charge in [-0.3, -0.25) is 0 Å². The van der Waals surface area contributed by atoms with Crippen molar-refractivity contribution in [3.8, 4) is 39.7 Å². The van der Waals surface area contributed by atoms with Gasteiger partial charge < -0.3 is 29.3 Å². The summed E-state index contributed by atoms with van der Waals surface area (Å²) in [6.07, 6.45) is 0. The maximum absolute atomic E-state index is 6.46. The number of fused-ring (bicyclic) bond motifs is 2. The number of benzene rings is 4. The van der Waals surface area contributed by atoms with Crippen molar-refractivity contribution in [2.75, 3.05) is 59.1 Å². The monoisotopic (exact) mass is 538 g/mol. The zero-order valence-corrected chi connectivity index (χ0v) is 23.9. The van der Waals surface area contributed by atoms with E-state index in [0.717, 1.165) is 61.5 Å². The lowest BCUT2D eigenvalue weighted by molar-refractivity contribution is 0.216. The predicted molar refractivity (Wildman–Crippen MR) is 163 cm³/mol. The normalized spacial score (nSPS) is 11.1. The molecular formula is C33H36N3O4+. The first-order valence-corrected chi connectivity index (χ1v) is 13.2. The van der Waals surface area contributed by atoms with Gasteiger partial charge in [-0.25, -0.2) is 4.58 Å². The molecule has 40 heavy (non-hydrogen) atoms. The molecule has 0 radical (unpaired) electrons. The highest BCUT2D eigenvalue weighted by Crippen LogP contribution is 2.42. The van der Waals surface area contributed by atoms with Crippen molar-refractivity contribution in [3.63, 3.8) is 0 Å². The minimum atomic E-state index is 0.342. The summed E-state index contributed by atoms with van der Waals surface area (Å²) in [5, 5.41) is 2.08. The molecule has 0 aromatic heterocycles. The molecule has 206 valence electrons. The standard InChI is InChI=1S/C33H35N3O4/c1-21-7-11-25(37-6)20-29(21)38-15-16-39-32-17-22(8-14-28(32)34)33-26-12-9-23(35(2)3)18-30(26)40-31-19-24(36(4)5)10-13-27(31)33/h7-14,17-20,34H,15-16H2,1-6H3/p+1. The number of nitrogens with two attached hydrogens (primary N) is 1. The quantitative estimate of drug-likeness (QED) is 0.119. The number of nitrogens with zero attached hydrogens (tertiary/aromatic N) is 2. The second kappa shape index (κ2) is 11.2. The van der Waals surface area contributed by atoms with Gasteiger partial charge >= 0.3 is 0 Å². The Morgan fingerprint density at radius 1 is 0.850 bits per heavy atom. The molecule has 0 atom stereocenters. The van der Waals surface area contributed by atoms with Gasteiger partial charge in [-0.2, -0.15) is 0 Å². The van der Waals surface area contributed by atoms with E-state index in [0.29, 0.717) is 24.7 Å². The van der Waals surface area contributed by atoms with Crippen molar-refractivity contribution >= 4 is 22.3 Å². The van der Waals surface area contributed by atoms with Crippen molar-refractivity contribution in [1.29, 1.82) is 0 Å². The van der Waals surface area contributed by atoms with Gasteiger partial charge in [0.2, 0.25) is 5.36 Å². The lowest BCUT2D eigenvalue weighted by atomic mass is 9.93. The van der Waals surface area contributed by atoms with Crippen LogP contribution in [0.15, 0.2) is 77.2 Å². The molecule has 0 unspecified atom stereocenters. The Hall–Kier alpha value is -4.65. The molecule has 0 spiro atoms.